The first-order valence-electron chi connectivity index (χ1n) is 6.05. The Hall–Kier alpha value is -1.96. The van der Waals surface area contributed by atoms with Crippen LogP contribution in [0.2, 0.25) is 0 Å². The number of carbonyl (C=O) groups excluding carboxylic acids is 2. The lowest BCUT2D eigenvalue weighted by molar-refractivity contribution is -0.145. The van der Waals surface area contributed by atoms with Gasteiger partial charge in [-0.25, -0.2) is 4.98 Å². The lowest BCUT2D eigenvalue weighted by Gasteiger charge is -2.11. The van der Waals surface area contributed by atoms with E-state index in [2.05, 4.69) is 9.72 Å². The Morgan fingerprint density at radius 1 is 1.60 bits per heavy atom. The summed E-state index contributed by atoms with van der Waals surface area (Å²) in [6.07, 6.45) is 0.451. The van der Waals surface area contributed by atoms with Gasteiger partial charge in [0.15, 0.2) is 5.13 Å². The summed E-state index contributed by atoms with van der Waals surface area (Å²) >= 11 is 1.27. The molecule has 0 spiro atoms. The number of methoxy groups -OCH3 is 1. The van der Waals surface area contributed by atoms with Crippen molar-refractivity contribution in [2.24, 2.45) is 5.92 Å². The highest BCUT2D eigenvalue weighted by molar-refractivity contribution is 7.14. The molecule has 2 heterocycles. The number of aromatic nitrogens is 1. The molecule has 108 valence electrons. The van der Waals surface area contributed by atoms with Gasteiger partial charge in [0, 0.05) is 24.8 Å². The van der Waals surface area contributed by atoms with E-state index in [9.17, 15) is 14.4 Å². The molecule has 0 aliphatic carbocycles. The van der Waals surface area contributed by atoms with Gasteiger partial charge in [0.05, 0.1) is 25.1 Å². The lowest BCUT2D eigenvalue weighted by atomic mass is 10.1. The van der Waals surface area contributed by atoms with Crippen LogP contribution in [0.5, 0.6) is 0 Å². The minimum atomic E-state index is -0.887. The van der Waals surface area contributed by atoms with E-state index in [1.54, 1.807) is 5.38 Å². The summed E-state index contributed by atoms with van der Waals surface area (Å²) in [6.45, 7) is 0.261. The summed E-state index contributed by atoms with van der Waals surface area (Å²) in [6, 6.07) is 0. The fourth-order valence-corrected chi connectivity index (χ4v) is 2.87. The van der Waals surface area contributed by atoms with Crippen LogP contribution in [-0.4, -0.2) is 41.6 Å². The number of carbonyl (C=O) groups is 3. The number of hydrogen-bond acceptors (Lipinski definition) is 6. The first-order valence-corrected chi connectivity index (χ1v) is 6.93. The molecule has 2 rings (SSSR count). The van der Waals surface area contributed by atoms with E-state index >= 15 is 0 Å². The van der Waals surface area contributed by atoms with E-state index in [-0.39, 0.29) is 25.3 Å². The van der Waals surface area contributed by atoms with Crippen LogP contribution < -0.4 is 4.90 Å². The van der Waals surface area contributed by atoms with Crippen molar-refractivity contribution in [1.82, 2.24) is 4.98 Å². The largest absolute Gasteiger partial charge is 0.481 e. The van der Waals surface area contributed by atoms with E-state index < -0.39 is 17.9 Å². The number of carboxylic acid groups (broad SMARTS) is 1. The van der Waals surface area contributed by atoms with Crippen molar-refractivity contribution >= 4 is 34.3 Å². The molecule has 0 aromatic carbocycles. The van der Waals surface area contributed by atoms with Gasteiger partial charge in [0.25, 0.3) is 0 Å². The summed E-state index contributed by atoms with van der Waals surface area (Å²) in [5.74, 6) is -1.91. The lowest BCUT2D eigenvalue weighted by Crippen LogP contribution is -2.26. The summed E-state index contributed by atoms with van der Waals surface area (Å²) < 4.78 is 4.64. The molecule has 1 aromatic rings. The number of amides is 1. The summed E-state index contributed by atoms with van der Waals surface area (Å²) in [5.41, 5.74) is 0.640. The van der Waals surface area contributed by atoms with Gasteiger partial charge in [-0.15, -0.1) is 11.3 Å². The third-order valence-corrected chi connectivity index (χ3v) is 3.94. The molecule has 1 N–H and O–H groups in total. The van der Waals surface area contributed by atoms with Crippen LogP contribution >= 0.6 is 11.3 Å². The molecule has 0 bridgehead atoms. The Balaban J connectivity index is 2.03. The maximum atomic E-state index is 11.9. The fourth-order valence-electron chi connectivity index (χ4n) is 1.99. The molecule has 1 aliphatic heterocycles. The summed E-state index contributed by atoms with van der Waals surface area (Å²) in [7, 11) is 1.29. The number of anilines is 1. The molecule has 7 nitrogen and oxygen atoms in total. The minimum absolute atomic E-state index is 0.00189. The second kappa shape index (κ2) is 6.00. The van der Waals surface area contributed by atoms with Crippen LogP contribution in [0.25, 0.3) is 0 Å². The predicted octanol–water partition coefficient (Wildman–Crippen LogP) is 0.686. The number of rotatable bonds is 5. The van der Waals surface area contributed by atoms with E-state index in [0.717, 1.165) is 0 Å². The van der Waals surface area contributed by atoms with Crippen molar-refractivity contribution in [3.05, 3.63) is 11.1 Å². The van der Waals surface area contributed by atoms with Gasteiger partial charge in [0.1, 0.15) is 0 Å². The van der Waals surface area contributed by atoms with Crippen LogP contribution in [0, 0.1) is 5.92 Å². The Bertz CT molecular complexity index is 542. The zero-order chi connectivity index (χ0) is 14.7. The highest BCUT2D eigenvalue weighted by atomic mass is 32.1. The third kappa shape index (κ3) is 3.13. The standard InChI is InChI=1S/C12H14N2O5S/c1-19-11(18)7-4-9(15)14(5-7)12-13-8(6-20-12)2-3-10(16)17/h6-7H,2-5H2,1H3,(H,16,17). The first-order chi connectivity index (χ1) is 9.51. The average Bonchev–Trinajstić information content (AvgIpc) is 3.01. The zero-order valence-electron chi connectivity index (χ0n) is 10.9. The first kappa shape index (κ1) is 14.4. The second-order valence-corrected chi connectivity index (χ2v) is 5.28. The van der Waals surface area contributed by atoms with Gasteiger partial charge in [-0.2, -0.15) is 0 Å². The van der Waals surface area contributed by atoms with E-state index in [1.807, 2.05) is 0 Å². The van der Waals surface area contributed by atoms with Gasteiger partial charge in [-0.1, -0.05) is 0 Å². The number of ether oxygens (including phenoxy) is 1. The van der Waals surface area contributed by atoms with E-state index in [1.165, 1.54) is 23.3 Å². The number of nitrogens with zero attached hydrogens (tertiary/aromatic N) is 2. The molecule has 8 heteroatoms. The van der Waals surface area contributed by atoms with Crippen molar-refractivity contribution in [1.29, 1.82) is 0 Å². The predicted molar refractivity (Wildman–Crippen MR) is 70.5 cm³/mol. The molecule has 1 amide bonds. The normalized spacial score (nSPS) is 18.4. The molecule has 20 heavy (non-hydrogen) atoms. The Labute approximate surface area is 119 Å². The molecular weight excluding hydrogens is 284 g/mol. The monoisotopic (exact) mass is 298 g/mol. The molecular formula is C12H14N2O5S. The molecule has 1 atom stereocenters. The molecule has 0 saturated carbocycles. The van der Waals surface area contributed by atoms with Gasteiger partial charge in [-0.05, 0) is 0 Å². The van der Waals surface area contributed by atoms with Gasteiger partial charge >= 0.3 is 11.9 Å². The Kier molecular flexibility index (Phi) is 4.33. The van der Waals surface area contributed by atoms with Crippen molar-refractivity contribution in [2.45, 2.75) is 19.3 Å². The van der Waals surface area contributed by atoms with Crippen molar-refractivity contribution in [2.75, 3.05) is 18.6 Å². The van der Waals surface area contributed by atoms with Crippen molar-refractivity contribution < 1.29 is 24.2 Å². The van der Waals surface area contributed by atoms with Crippen LogP contribution in [0.4, 0.5) is 5.13 Å². The van der Waals surface area contributed by atoms with Crippen molar-refractivity contribution in [3.63, 3.8) is 0 Å². The topological polar surface area (TPSA) is 96.8 Å². The van der Waals surface area contributed by atoms with Crippen molar-refractivity contribution in [3.8, 4) is 0 Å². The maximum absolute atomic E-state index is 11.9. The zero-order valence-corrected chi connectivity index (χ0v) is 11.7. The van der Waals surface area contributed by atoms with Crippen LogP contribution in [0.1, 0.15) is 18.5 Å². The number of aryl methyl sites for hydroxylation is 1. The molecule has 0 radical (unpaired) electrons. The van der Waals surface area contributed by atoms with E-state index in [0.29, 0.717) is 17.2 Å². The van der Waals surface area contributed by atoms with Gasteiger partial charge in [-0.3, -0.25) is 19.3 Å². The SMILES string of the molecule is COC(=O)C1CC(=O)N(c2nc(CCC(=O)O)cs2)C1. The Morgan fingerprint density at radius 3 is 3.00 bits per heavy atom. The quantitative estimate of drug-likeness (QED) is 0.803. The number of hydrogen-bond donors (Lipinski definition) is 1. The summed E-state index contributed by atoms with van der Waals surface area (Å²) in [4.78, 5) is 39.5. The number of carboxylic acids is 1. The molecule has 1 aliphatic rings. The fraction of sp³-hybridized carbons (Fsp3) is 0.500. The van der Waals surface area contributed by atoms with Gasteiger partial charge < -0.3 is 9.84 Å². The van der Waals surface area contributed by atoms with Crippen LogP contribution in [0.15, 0.2) is 5.38 Å². The van der Waals surface area contributed by atoms with Gasteiger partial charge in [0.2, 0.25) is 5.91 Å². The van der Waals surface area contributed by atoms with E-state index in [4.69, 9.17) is 5.11 Å². The molecule has 1 unspecified atom stereocenters. The number of thiazole rings is 1. The molecule has 1 aromatic heterocycles. The third-order valence-electron chi connectivity index (χ3n) is 3.03. The number of aliphatic carboxylic acids is 1. The maximum Gasteiger partial charge on any atom is 0.311 e. The Morgan fingerprint density at radius 2 is 2.35 bits per heavy atom. The average molecular weight is 298 g/mol. The van der Waals surface area contributed by atoms with Crippen LogP contribution in [0.3, 0.4) is 0 Å². The smallest absolute Gasteiger partial charge is 0.311 e. The minimum Gasteiger partial charge on any atom is -0.481 e. The highest BCUT2D eigenvalue weighted by Gasteiger charge is 2.37. The van der Waals surface area contributed by atoms with Crippen LogP contribution in [-0.2, 0) is 25.5 Å². The molecule has 1 saturated heterocycles. The number of esters is 1. The summed E-state index contributed by atoms with van der Waals surface area (Å²) in [5, 5.41) is 10.9. The highest BCUT2D eigenvalue weighted by Crippen LogP contribution is 2.28. The second-order valence-electron chi connectivity index (χ2n) is 4.44. The molecule has 1 fully saturated rings.